The Morgan fingerprint density at radius 1 is 1.29 bits per heavy atom. The summed E-state index contributed by atoms with van der Waals surface area (Å²) in [5.74, 6) is -1.53. The number of nitrogens with one attached hydrogen (secondary N) is 1. The molecule has 4 nitrogen and oxygen atoms in total. The van der Waals surface area contributed by atoms with Crippen LogP contribution in [-0.4, -0.2) is 28.9 Å². The van der Waals surface area contributed by atoms with Crippen LogP contribution in [0.15, 0.2) is 16.6 Å². The second-order valence-electron chi connectivity index (χ2n) is 6.79. The van der Waals surface area contributed by atoms with Crippen LogP contribution in [0.5, 0.6) is 0 Å². The topological polar surface area (TPSA) is 55.4 Å². The third kappa shape index (κ3) is 7.26. The van der Waals surface area contributed by atoms with Gasteiger partial charge in [-0.2, -0.15) is 4.72 Å². The zero-order valence-electron chi connectivity index (χ0n) is 14.3. The summed E-state index contributed by atoms with van der Waals surface area (Å²) in [6, 6.07) is 2.71. The molecule has 1 unspecified atom stereocenters. The largest absolute Gasteiger partial charge is 0.358 e. The first-order valence-electron chi connectivity index (χ1n) is 7.71. The van der Waals surface area contributed by atoms with E-state index in [4.69, 9.17) is 4.74 Å². The standard InChI is InChI=1S/C15H24BrF2NO3SSi/c1-5-7-23(20,21)19-15(22-6-8-24(2,3)4)12-9-11(17)10-13(16)14(12)18/h9-10,15,19H,5-8H2,1-4H3. The summed E-state index contributed by atoms with van der Waals surface area (Å²) < 4.78 is 59.9. The van der Waals surface area contributed by atoms with E-state index >= 15 is 0 Å². The Labute approximate surface area is 152 Å². The highest BCUT2D eigenvalue weighted by molar-refractivity contribution is 9.10. The minimum Gasteiger partial charge on any atom is -0.358 e. The monoisotopic (exact) mass is 443 g/mol. The maximum absolute atomic E-state index is 14.3. The van der Waals surface area contributed by atoms with Crippen LogP contribution in [0.4, 0.5) is 8.78 Å². The number of sulfonamides is 1. The Hall–Kier alpha value is -0.353. The zero-order chi connectivity index (χ0) is 18.5. The van der Waals surface area contributed by atoms with Gasteiger partial charge in [0, 0.05) is 20.2 Å². The van der Waals surface area contributed by atoms with Crippen LogP contribution in [0.3, 0.4) is 0 Å². The maximum atomic E-state index is 14.3. The van der Waals surface area contributed by atoms with E-state index in [9.17, 15) is 17.2 Å². The molecule has 0 radical (unpaired) electrons. The summed E-state index contributed by atoms with van der Waals surface area (Å²) in [7, 11) is -5.07. The molecule has 0 heterocycles. The zero-order valence-corrected chi connectivity index (χ0v) is 17.7. The highest BCUT2D eigenvalue weighted by Gasteiger charge is 2.25. The summed E-state index contributed by atoms with van der Waals surface area (Å²) >= 11 is 2.93. The first-order chi connectivity index (χ1) is 10.9. The summed E-state index contributed by atoms with van der Waals surface area (Å²) in [6.07, 6.45) is -0.850. The minimum atomic E-state index is -3.66. The van der Waals surface area contributed by atoms with E-state index in [-0.39, 0.29) is 22.4 Å². The van der Waals surface area contributed by atoms with Crippen LogP contribution in [0.1, 0.15) is 25.1 Å². The highest BCUT2D eigenvalue weighted by atomic mass is 79.9. The molecule has 0 aliphatic heterocycles. The molecule has 9 heteroatoms. The van der Waals surface area contributed by atoms with Gasteiger partial charge >= 0.3 is 0 Å². The molecule has 1 rings (SSSR count). The average Bonchev–Trinajstić information content (AvgIpc) is 2.40. The van der Waals surface area contributed by atoms with E-state index < -0.39 is 36.0 Å². The SMILES string of the molecule is CCCS(=O)(=O)NC(OCC[Si](C)(C)C)c1cc(F)cc(Br)c1F. The number of hydrogen-bond acceptors (Lipinski definition) is 3. The predicted octanol–water partition coefficient (Wildman–Crippen LogP) is 4.41. The van der Waals surface area contributed by atoms with Gasteiger partial charge in [-0.05, 0) is 40.5 Å². The van der Waals surface area contributed by atoms with Gasteiger partial charge in [0.1, 0.15) is 17.9 Å². The third-order valence-electron chi connectivity index (χ3n) is 3.20. The molecule has 138 valence electrons. The first-order valence-corrected chi connectivity index (χ1v) is 13.9. The van der Waals surface area contributed by atoms with Gasteiger partial charge in [-0.25, -0.2) is 17.2 Å². The average molecular weight is 444 g/mol. The lowest BCUT2D eigenvalue weighted by Crippen LogP contribution is -2.34. The maximum Gasteiger partial charge on any atom is 0.214 e. The number of hydrogen-bond donors (Lipinski definition) is 1. The molecule has 1 aromatic rings. The summed E-state index contributed by atoms with van der Waals surface area (Å²) in [6.45, 7) is 8.42. The molecule has 1 N–H and O–H groups in total. The molecule has 0 aliphatic rings. The van der Waals surface area contributed by atoms with Crippen LogP contribution in [-0.2, 0) is 14.8 Å². The second-order valence-corrected chi connectivity index (χ2v) is 15.1. The van der Waals surface area contributed by atoms with Gasteiger partial charge in [-0.3, -0.25) is 0 Å². The van der Waals surface area contributed by atoms with Crippen molar-refractivity contribution in [1.29, 1.82) is 0 Å². The van der Waals surface area contributed by atoms with Crippen molar-refractivity contribution in [3.63, 3.8) is 0 Å². The number of halogens is 3. The van der Waals surface area contributed by atoms with E-state index in [0.29, 0.717) is 6.42 Å². The number of ether oxygens (including phenoxy) is 1. The molecule has 24 heavy (non-hydrogen) atoms. The molecule has 0 saturated heterocycles. The number of benzene rings is 1. The third-order valence-corrected chi connectivity index (χ3v) is 7.00. The van der Waals surface area contributed by atoms with Crippen LogP contribution in [0.25, 0.3) is 0 Å². The Morgan fingerprint density at radius 3 is 2.46 bits per heavy atom. The Balaban J connectivity index is 3.09. The van der Waals surface area contributed by atoms with Crippen LogP contribution in [0.2, 0.25) is 25.7 Å². The lowest BCUT2D eigenvalue weighted by molar-refractivity contribution is 0.0511. The molecule has 0 fully saturated rings. The van der Waals surface area contributed by atoms with E-state index in [0.717, 1.165) is 18.2 Å². The van der Waals surface area contributed by atoms with E-state index in [1.54, 1.807) is 6.92 Å². The summed E-state index contributed by atoms with van der Waals surface area (Å²) in [4.78, 5) is 0. The molecule has 1 atom stereocenters. The molecule has 0 bridgehead atoms. The molecule has 0 aromatic heterocycles. The molecule has 0 spiro atoms. The molecule has 1 aromatic carbocycles. The molecule has 0 aliphatic carbocycles. The van der Waals surface area contributed by atoms with Gasteiger partial charge in [0.2, 0.25) is 10.0 Å². The van der Waals surface area contributed by atoms with Crippen LogP contribution in [0, 0.1) is 11.6 Å². The molecular formula is C15H24BrF2NO3SSi. The number of rotatable bonds is 9. The molecule has 0 amide bonds. The lowest BCUT2D eigenvalue weighted by atomic mass is 10.2. The first kappa shape index (κ1) is 21.7. The van der Waals surface area contributed by atoms with E-state index in [1.807, 2.05) is 0 Å². The quantitative estimate of drug-likeness (QED) is 0.349. The Morgan fingerprint density at radius 2 is 1.92 bits per heavy atom. The summed E-state index contributed by atoms with van der Waals surface area (Å²) in [5.41, 5.74) is -0.169. The van der Waals surface area contributed by atoms with Crippen molar-refractivity contribution in [2.75, 3.05) is 12.4 Å². The summed E-state index contributed by atoms with van der Waals surface area (Å²) in [5, 5.41) is 0. The van der Waals surface area contributed by atoms with Crippen molar-refractivity contribution < 1.29 is 21.9 Å². The van der Waals surface area contributed by atoms with Crippen molar-refractivity contribution in [2.24, 2.45) is 0 Å². The normalized spacial score (nSPS) is 14.0. The smallest absolute Gasteiger partial charge is 0.214 e. The van der Waals surface area contributed by atoms with Gasteiger partial charge in [-0.1, -0.05) is 26.6 Å². The second kappa shape index (κ2) is 8.84. The van der Waals surface area contributed by atoms with Crippen LogP contribution < -0.4 is 4.72 Å². The predicted molar refractivity (Wildman–Crippen MR) is 98.1 cm³/mol. The van der Waals surface area contributed by atoms with Gasteiger partial charge in [0.25, 0.3) is 0 Å². The van der Waals surface area contributed by atoms with Crippen molar-refractivity contribution in [2.45, 2.75) is 45.3 Å². The van der Waals surface area contributed by atoms with Gasteiger partial charge < -0.3 is 4.74 Å². The van der Waals surface area contributed by atoms with Crippen molar-refractivity contribution in [3.8, 4) is 0 Å². The Bertz CT molecular complexity index is 665. The fourth-order valence-electron chi connectivity index (χ4n) is 1.93. The van der Waals surface area contributed by atoms with E-state index in [1.165, 1.54) is 0 Å². The highest BCUT2D eigenvalue weighted by Crippen LogP contribution is 2.27. The Kier molecular flexibility index (Phi) is 7.99. The lowest BCUT2D eigenvalue weighted by Gasteiger charge is -2.23. The minimum absolute atomic E-state index is 0.0778. The fraction of sp³-hybridized carbons (Fsp3) is 0.600. The van der Waals surface area contributed by atoms with Crippen molar-refractivity contribution >= 4 is 34.0 Å². The van der Waals surface area contributed by atoms with Gasteiger partial charge in [-0.15, -0.1) is 0 Å². The molecular weight excluding hydrogens is 420 g/mol. The van der Waals surface area contributed by atoms with Crippen molar-refractivity contribution in [1.82, 2.24) is 4.72 Å². The van der Waals surface area contributed by atoms with E-state index in [2.05, 4.69) is 40.3 Å². The fourth-order valence-corrected chi connectivity index (χ4v) is 4.28. The van der Waals surface area contributed by atoms with Gasteiger partial charge in [0.05, 0.1) is 10.2 Å². The van der Waals surface area contributed by atoms with Crippen molar-refractivity contribution in [3.05, 3.63) is 33.8 Å². The van der Waals surface area contributed by atoms with Gasteiger partial charge in [0.15, 0.2) is 0 Å². The van der Waals surface area contributed by atoms with Crippen LogP contribution >= 0.6 is 15.9 Å². The molecule has 0 saturated carbocycles.